The minimum absolute atomic E-state index is 0.0503. The molecular formula is C19H11N5O3. The van der Waals surface area contributed by atoms with Gasteiger partial charge in [0.25, 0.3) is 5.71 Å². The molecule has 0 N–H and O–H groups in total. The van der Waals surface area contributed by atoms with E-state index in [4.69, 9.17) is 4.42 Å². The van der Waals surface area contributed by atoms with Crippen LogP contribution in [0.25, 0.3) is 28.8 Å². The van der Waals surface area contributed by atoms with Crippen LogP contribution in [0.4, 0.5) is 0 Å². The van der Waals surface area contributed by atoms with Gasteiger partial charge in [0.05, 0.1) is 5.57 Å². The summed E-state index contributed by atoms with van der Waals surface area (Å²) >= 11 is 0. The van der Waals surface area contributed by atoms with Gasteiger partial charge in [-0.05, 0) is 0 Å². The zero-order valence-corrected chi connectivity index (χ0v) is 14.1. The molecule has 0 saturated carbocycles. The standard InChI is InChI=1S/C19H11N5O3/c1-24-17(10-5-3-2-4-6-10)23-19-18(24)22-12(27-19)9-11-15(25)13-14(16(11)26)21-8-7-20-13/h2-9H,1H3. The smallest absolute Gasteiger partial charge is 0.267 e. The van der Waals surface area contributed by atoms with Crippen LogP contribution in [0.1, 0.15) is 26.9 Å². The van der Waals surface area contributed by atoms with Crippen LogP contribution in [0.15, 0.2) is 52.7 Å². The van der Waals surface area contributed by atoms with E-state index < -0.39 is 11.6 Å². The highest BCUT2D eigenvalue weighted by Gasteiger charge is 2.36. The van der Waals surface area contributed by atoms with Crippen molar-refractivity contribution in [2.45, 2.75) is 0 Å². The fourth-order valence-corrected chi connectivity index (χ4v) is 3.07. The number of nitrogens with zero attached hydrogens (tertiary/aromatic N) is 5. The van der Waals surface area contributed by atoms with Crippen molar-refractivity contribution in [3.05, 3.63) is 65.6 Å². The Kier molecular flexibility index (Phi) is 3.14. The zero-order valence-electron chi connectivity index (χ0n) is 14.1. The third-order valence-corrected chi connectivity index (χ3v) is 4.37. The molecule has 130 valence electrons. The molecule has 0 aliphatic heterocycles. The van der Waals surface area contributed by atoms with Crippen molar-refractivity contribution in [3.63, 3.8) is 0 Å². The van der Waals surface area contributed by atoms with E-state index in [0.29, 0.717) is 17.2 Å². The molecule has 3 aromatic heterocycles. The predicted molar refractivity (Wildman–Crippen MR) is 94.9 cm³/mol. The van der Waals surface area contributed by atoms with Gasteiger partial charge in [-0.2, -0.15) is 9.97 Å². The number of fused-ring (bicyclic) bond motifs is 2. The molecule has 8 nitrogen and oxygen atoms in total. The summed E-state index contributed by atoms with van der Waals surface area (Å²) in [5.41, 5.74) is 1.82. The van der Waals surface area contributed by atoms with Gasteiger partial charge in [-0.1, -0.05) is 30.3 Å². The zero-order chi connectivity index (χ0) is 18.5. The van der Waals surface area contributed by atoms with Gasteiger partial charge in [0.2, 0.25) is 23.1 Å². The average Bonchev–Trinajstić information content (AvgIpc) is 3.31. The second-order valence-electron chi connectivity index (χ2n) is 6.01. The minimum Gasteiger partial charge on any atom is -0.417 e. The molecule has 1 aliphatic rings. The number of aryl methyl sites for hydroxylation is 1. The first-order valence-corrected chi connectivity index (χ1v) is 8.14. The number of benzene rings is 1. The highest BCUT2D eigenvalue weighted by Crippen LogP contribution is 2.27. The SMILES string of the molecule is Cn1c(-c2ccccc2)nc2oc(C=C3C(=O)c4nccnc4C3=O)nc21. The van der Waals surface area contributed by atoms with Gasteiger partial charge < -0.3 is 8.98 Å². The van der Waals surface area contributed by atoms with Crippen LogP contribution < -0.4 is 0 Å². The van der Waals surface area contributed by atoms with E-state index in [1.807, 2.05) is 37.4 Å². The largest absolute Gasteiger partial charge is 0.417 e. The lowest BCUT2D eigenvalue weighted by Crippen LogP contribution is -2.01. The number of rotatable bonds is 2. The Labute approximate surface area is 152 Å². The number of imidazole rings is 1. The molecule has 3 heterocycles. The number of hydrogen-bond donors (Lipinski definition) is 0. The number of Topliss-reactive ketones (excluding diaryl/α,β-unsaturated/α-hetero) is 2. The van der Waals surface area contributed by atoms with E-state index >= 15 is 0 Å². The molecule has 0 saturated heterocycles. The molecular weight excluding hydrogens is 346 g/mol. The fourth-order valence-electron chi connectivity index (χ4n) is 3.07. The summed E-state index contributed by atoms with van der Waals surface area (Å²) in [5.74, 6) is -0.122. The number of ketones is 2. The maximum atomic E-state index is 12.4. The summed E-state index contributed by atoms with van der Waals surface area (Å²) in [6.45, 7) is 0. The van der Waals surface area contributed by atoms with Crippen LogP contribution >= 0.6 is 0 Å². The van der Waals surface area contributed by atoms with Gasteiger partial charge in [0.15, 0.2) is 0 Å². The van der Waals surface area contributed by atoms with Crippen molar-refractivity contribution in [1.82, 2.24) is 24.5 Å². The van der Waals surface area contributed by atoms with Gasteiger partial charge in [-0.15, -0.1) is 0 Å². The van der Waals surface area contributed by atoms with Gasteiger partial charge in [0, 0.05) is 31.1 Å². The van der Waals surface area contributed by atoms with E-state index in [0.717, 1.165) is 5.56 Å². The van der Waals surface area contributed by atoms with Crippen molar-refractivity contribution < 1.29 is 14.0 Å². The second kappa shape index (κ2) is 5.53. The maximum Gasteiger partial charge on any atom is 0.267 e. The van der Waals surface area contributed by atoms with Crippen LogP contribution in [0.5, 0.6) is 0 Å². The summed E-state index contributed by atoms with van der Waals surface area (Å²) in [4.78, 5) is 41.5. The highest BCUT2D eigenvalue weighted by molar-refractivity contribution is 6.39. The van der Waals surface area contributed by atoms with Crippen LogP contribution in [-0.2, 0) is 7.05 Å². The quantitative estimate of drug-likeness (QED) is 0.401. The predicted octanol–water partition coefficient (Wildman–Crippen LogP) is 2.48. The summed E-state index contributed by atoms with van der Waals surface area (Å²) in [7, 11) is 1.83. The van der Waals surface area contributed by atoms with Crippen LogP contribution in [0.2, 0.25) is 0 Å². The van der Waals surface area contributed by atoms with Crippen LogP contribution in [0, 0.1) is 0 Å². The molecule has 5 rings (SSSR count). The molecule has 1 aromatic carbocycles. The third-order valence-electron chi connectivity index (χ3n) is 4.37. The third kappa shape index (κ3) is 2.23. The molecule has 0 unspecified atom stereocenters. The molecule has 1 aliphatic carbocycles. The number of allylic oxidation sites excluding steroid dienone is 1. The van der Waals surface area contributed by atoms with Crippen LogP contribution in [0.3, 0.4) is 0 Å². The molecule has 0 bridgehead atoms. The average molecular weight is 357 g/mol. The number of hydrogen-bond acceptors (Lipinski definition) is 7. The van der Waals surface area contributed by atoms with Crippen molar-refractivity contribution >= 4 is 29.0 Å². The van der Waals surface area contributed by atoms with E-state index in [-0.39, 0.29) is 22.9 Å². The summed E-state index contributed by atoms with van der Waals surface area (Å²) in [5, 5.41) is 0. The van der Waals surface area contributed by atoms with Crippen molar-refractivity contribution in [1.29, 1.82) is 0 Å². The fraction of sp³-hybridized carbons (Fsp3) is 0.0526. The van der Waals surface area contributed by atoms with Gasteiger partial charge in [-0.3, -0.25) is 9.59 Å². The molecule has 0 fully saturated rings. The second-order valence-corrected chi connectivity index (χ2v) is 6.01. The monoisotopic (exact) mass is 357 g/mol. The highest BCUT2D eigenvalue weighted by atomic mass is 16.4. The molecule has 0 spiro atoms. The Hall–Kier alpha value is -3.94. The Morgan fingerprint density at radius 1 is 0.963 bits per heavy atom. The van der Waals surface area contributed by atoms with E-state index in [9.17, 15) is 9.59 Å². The summed E-state index contributed by atoms with van der Waals surface area (Å²) in [6, 6.07) is 9.66. The molecule has 0 radical (unpaired) electrons. The van der Waals surface area contributed by atoms with Crippen LogP contribution in [-0.4, -0.2) is 36.1 Å². The number of carbonyl (C=O) groups excluding carboxylic acids is 2. The van der Waals surface area contributed by atoms with Gasteiger partial charge in [0.1, 0.15) is 17.2 Å². The first-order chi connectivity index (χ1) is 13.1. The summed E-state index contributed by atoms with van der Waals surface area (Å²) < 4.78 is 7.44. The Morgan fingerprint density at radius 3 is 2.26 bits per heavy atom. The number of oxazole rings is 1. The van der Waals surface area contributed by atoms with E-state index in [2.05, 4.69) is 19.9 Å². The van der Waals surface area contributed by atoms with E-state index in [1.54, 1.807) is 4.57 Å². The first-order valence-electron chi connectivity index (χ1n) is 8.14. The summed E-state index contributed by atoms with van der Waals surface area (Å²) in [6.07, 6.45) is 4.07. The Morgan fingerprint density at radius 2 is 1.63 bits per heavy atom. The van der Waals surface area contributed by atoms with Crippen molar-refractivity contribution in [2.24, 2.45) is 7.05 Å². The first kappa shape index (κ1) is 15.3. The Bertz CT molecular complexity index is 1230. The molecule has 4 aromatic rings. The lowest BCUT2D eigenvalue weighted by Gasteiger charge is -2.00. The van der Waals surface area contributed by atoms with Crippen molar-refractivity contribution in [2.75, 3.05) is 0 Å². The number of aromatic nitrogens is 5. The lowest BCUT2D eigenvalue weighted by atomic mass is 10.1. The number of carbonyl (C=O) groups is 2. The van der Waals surface area contributed by atoms with E-state index in [1.165, 1.54) is 18.5 Å². The molecule has 0 amide bonds. The molecule has 27 heavy (non-hydrogen) atoms. The van der Waals surface area contributed by atoms with Gasteiger partial charge in [-0.25, -0.2) is 9.97 Å². The maximum absolute atomic E-state index is 12.4. The normalized spacial score (nSPS) is 13.4. The van der Waals surface area contributed by atoms with Gasteiger partial charge >= 0.3 is 0 Å². The molecule has 0 atom stereocenters. The molecule has 8 heteroatoms. The van der Waals surface area contributed by atoms with Crippen molar-refractivity contribution in [3.8, 4) is 11.4 Å². The minimum atomic E-state index is -0.483. The topological polar surface area (TPSA) is 104 Å². The Balaban J connectivity index is 1.57. The lowest BCUT2D eigenvalue weighted by molar-refractivity contribution is 0.0987.